The average Bonchev–Trinajstić information content (AvgIpc) is 2.00. The summed E-state index contributed by atoms with van der Waals surface area (Å²) in [5.41, 5.74) is -1.40. The van der Waals surface area contributed by atoms with E-state index in [1.54, 1.807) is 0 Å². The van der Waals surface area contributed by atoms with Crippen molar-refractivity contribution in [2.24, 2.45) is 11.3 Å². The molecule has 1 amide bonds. The van der Waals surface area contributed by atoms with Crippen LogP contribution in [-0.2, 0) is 4.79 Å². The predicted molar refractivity (Wildman–Crippen MR) is 48.8 cm³/mol. The van der Waals surface area contributed by atoms with Crippen LogP contribution in [0.2, 0.25) is 0 Å². The summed E-state index contributed by atoms with van der Waals surface area (Å²) < 4.78 is 0. The van der Waals surface area contributed by atoms with Crippen LogP contribution in [-0.4, -0.2) is 16.7 Å². The van der Waals surface area contributed by atoms with E-state index in [9.17, 15) is 9.90 Å². The van der Waals surface area contributed by atoms with E-state index in [1.165, 1.54) is 0 Å². The number of piperidine rings is 1. The number of hydrogen-bond donors (Lipinski definition) is 2. The van der Waals surface area contributed by atoms with Gasteiger partial charge in [0.1, 0.15) is 11.6 Å². The first kappa shape index (κ1) is 9.47. The maximum Gasteiger partial charge on any atom is 0.240 e. The molecule has 0 aromatic heterocycles. The van der Waals surface area contributed by atoms with Gasteiger partial charge in [0.15, 0.2) is 0 Å². The Balaban J connectivity index is 2.36. The van der Waals surface area contributed by atoms with Gasteiger partial charge in [-0.3, -0.25) is 4.79 Å². The fraction of sp³-hybridized carbons (Fsp3) is 0.800. The fourth-order valence-corrected chi connectivity index (χ4v) is 2.82. The highest BCUT2D eigenvalue weighted by Crippen LogP contribution is 2.48. The Labute approximate surface area is 82.9 Å². The van der Waals surface area contributed by atoms with E-state index >= 15 is 0 Å². The van der Waals surface area contributed by atoms with Crippen LogP contribution in [0.3, 0.4) is 0 Å². The SMILES string of the molecule is C[C@@]12CCC[C@](O)(C1)NC(=O)[C@@H]2C#N. The number of carbonyl (C=O) groups is 1. The highest BCUT2D eigenvalue weighted by atomic mass is 16.3. The van der Waals surface area contributed by atoms with Gasteiger partial charge in [-0.2, -0.15) is 5.26 Å². The van der Waals surface area contributed by atoms with Crippen molar-refractivity contribution in [3.63, 3.8) is 0 Å². The van der Waals surface area contributed by atoms with Crippen molar-refractivity contribution >= 4 is 5.91 Å². The second-order valence-corrected chi connectivity index (χ2v) is 4.77. The standard InChI is InChI=1S/C10H14N2O2/c1-9-3-2-4-10(14,6-9)12-8(13)7(9)5-11/h7,14H,2-4,6H2,1H3,(H,12,13)/t7-,9+,10-/m0/s1. The normalized spacial score (nSPS) is 46.6. The van der Waals surface area contributed by atoms with Crippen LogP contribution in [0.25, 0.3) is 0 Å². The molecule has 76 valence electrons. The Morgan fingerprint density at radius 2 is 2.36 bits per heavy atom. The molecule has 0 spiro atoms. The Hall–Kier alpha value is -1.08. The van der Waals surface area contributed by atoms with E-state index in [0.717, 1.165) is 12.8 Å². The number of fused-ring (bicyclic) bond motifs is 2. The molecule has 2 rings (SSSR count). The summed E-state index contributed by atoms with van der Waals surface area (Å²) in [6.07, 6.45) is 2.82. The van der Waals surface area contributed by atoms with Crippen molar-refractivity contribution < 1.29 is 9.90 Å². The van der Waals surface area contributed by atoms with Crippen LogP contribution in [0.1, 0.15) is 32.6 Å². The second-order valence-electron chi connectivity index (χ2n) is 4.77. The second kappa shape index (κ2) is 2.71. The number of carbonyl (C=O) groups excluding carboxylic acids is 1. The number of hydrogen-bond acceptors (Lipinski definition) is 3. The molecule has 0 aromatic rings. The molecule has 1 aliphatic heterocycles. The smallest absolute Gasteiger partial charge is 0.240 e. The van der Waals surface area contributed by atoms with Crippen molar-refractivity contribution in [1.82, 2.24) is 5.32 Å². The van der Waals surface area contributed by atoms with Gasteiger partial charge < -0.3 is 10.4 Å². The van der Waals surface area contributed by atoms with Crippen LogP contribution in [0.4, 0.5) is 0 Å². The maximum atomic E-state index is 11.6. The van der Waals surface area contributed by atoms with E-state index in [0.29, 0.717) is 12.8 Å². The van der Waals surface area contributed by atoms with E-state index in [4.69, 9.17) is 5.26 Å². The van der Waals surface area contributed by atoms with Crippen LogP contribution < -0.4 is 5.32 Å². The van der Waals surface area contributed by atoms with Gasteiger partial charge in [-0.25, -0.2) is 0 Å². The minimum absolute atomic E-state index is 0.316. The average molecular weight is 194 g/mol. The van der Waals surface area contributed by atoms with Crippen molar-refractivity contribution in [2.45, 2.75) is 38.3 Å². The molecule has 2 N–H and O–H groups in total. The van der Waals surface area contributed by atoms with Gasteiger partial charge in [-0.15, -0.1) is 0 Å². The first-order valence-corrected chi connectivity index (χ1v) is 4.93. The minimum atomic E-state index is -1.06. The van der Waals surface area contributed by atoms with Crippen LogP contribution in [0.5, 0.6) is 0 Å². The lowest BCUT2D eigenvalue weighted by molar-refractivity contribution is -0.157. The van der Waals surface area contributed by atoms with Gasteiger partial charge in [-0.05, 0) is 24.7 Å². The first-order valence-electron chi connectivity index (χ1n) is 4.93. The summed E-state index contributed by atoms with van der Waals surface area (Å²) in [4.78, 5) is 11.6. The van der Waals surface area contributed by atoms with E-state index in [-0.39, 0.29) is 11.3 Å². The first-order chi connectivity index (χ1) is 6.49. The van der Waals surface area contributed by atoms with E-state index in [2.05, 4.69) is 5.32 Å². The number of nitriles is 1. The molecule has 14 heavy (non-hydrogen) atoms. The lowest BCUT2D eigenvalue weighted by Crippen LogP contribution is -2.62. The predicted octanol–water partition coefficient (Wildman–Crippen LogP) is 0.525. The molecule has 2 fully saturated rings. The maximum absolute atomic E-state index is 11.6. The summed E-state index contributed by atoms with van der Waals surface area (Å²) >= 11 is 0. The van der Waals surface area contributed by atoms with Crippen LogP contribution >= 0.6 is 0 Å². The molecule has 1 saturated heterocycles. The zero-order valence-corrected chi connectivity index (χ0v) is 8.21. The van der Waals surface area contributed by atoms with Gasteiger partial charge in [0.2, 0.25) is 5.91 Å². The van der Waals surface area contributed by atoms with Crippen LogP contribution in [0.15, 0.2) is 0 Å². The monoisotopic (exact) mass is 194 g/mol. The number of nitrogens with one attached hydrogen (secondary N) is 1. The largest absolute Gasteiger partial charge is 0.371 e. The van der Waals surface area contributed by atoms with Crippen LogP contribution in [0, 0.1) is 22.7 Å². The lowest BCUT2D eigenvalue weighted by atomic mass is 9.62. The molecular formula is C10H14N2O2. The zero-order chi connectivity index (χ0) is 10.4. The molecule has 3 atom stereocenters. The Kier molecular flexibility index (Phi) is 1.83. The molecule has 1 aliphatic carbocycles. The molecule has 0 aromatic carbocycles. The van der Waals surface area contributed by atoms with Gasteiger partial charge in [0.05, 0.1) is 6.07 Å². The third-order valence-electron chi connectivity index (χ3n) is 3.48. The molecule has 2 aliphatic rings. The number of aliphatic hydroxyl groups is 1. The minimum Gasteiger partial charge on any atom is -0.371 e. The van der Waals surface area contributed by atoms with Gasteiger partial charge in [-0.1, -0.05) is 6.92 Å². The summed E-state index contributed by atoms with van der Waals surface area (Å²) in [6, 6.07) is 2.04. The molecule has 2 bridgehead atoms. The zero-order valence-electron chi connectivity index (χ0n) is 8.21. The number of nitrogens with zero attached hydrogens (tertiary/aromatic N) is 1. The molecular weight excluding hydrogens is 180 g/mol. The quantitative estimate of drug-likeness (QED) is 0.590. The Morgan fingerprint density at radius 1 is 1.64 bits per heavy atom. The molecule has 1 heterocycles. The van der Waals surface area contributed by atoms with Crippen molar-refractivity contribution in [1.29, 1.82) is 5.26 Å². The van der Waals surface area contributed by atoms with Gasteiger partial charge >= 0.3 is 0 Å². The van der Waals surface area contributed by atoms with E-state index in [1.807, 2.05) is 13.0 Å². The fourth-order valence-electron chi connectivity index (χ4n) is 2.82. The number of amides is 1. The third-order valence-corrected chi connectivity index (χ3v) is 3.48. The highest BCUT2D eigenvalue weighted by Gasteiger charge is 2.53. The Morgan fingerprint density at radius 3 is 3.00 bits per heavy atom. The summed E-state index contributed by atoms with van der Waals surface area (Å²) in [6.45, 7) is 1.92. The molecule has 4 heteroatoms. The van der Waals surface area contributed by atoms with E-state index < -0.39 is 11.6 Å². The summed E-state index contributed by atoms with van der Waals surface area (Å²) in [7, 11) is 0. The summed E-state index contributed by atoms with van der Waals surface area (Å²) in [5.74, 6) is -0.925. The molecule has 1 saturated carbocycles. The molecule has 0 radical (unpaired) electrons. The third kappa shape index (κ3) is 1.20. The van der Waals surface area contributed by atoms with Gasteiger partial charge in [0, 0.05) is 6.42 Å². The van der Waals surface area contributed by atoms with Gasteiger partial charge in [0.25, 0.3) is 0 Å². The highest BCUT2D eigenvalue weighted by molar-refractivity contribution is 5.83. The molecule has 4 nitrogen and oxygen atoms in total. The summed E-state index contributed by atoms with van der Waals surface area (Å²) in [5, 5.41) is 21.5. The Bertz CT molecular complexity index is 323. The molecule has 0 unspecified atom stereocenters. The topological polar surface area (TPSA) is 73.1 Å². The van der Waals surface area contributed by atoms with Crippen molar-refractivity contribution in [3.05, 3.63) is 0 Å². The van der Waals surface area contributed by atoms with Crippen molar-refractivity contribution in [2.75, 3.05) is 0 Å². The van der Waals surface area contributed by atoms with Crippen molar-refractivity contribution in [3.8, 4) is 6.07 Å². The lowest BCUT2D eigenvalue weighted by Gasteiger charge is -2.49. The number of rotatable bonds is 0.